The summed E-state index contributed by atoms with van der Waals surface area (Å²) in [6.07, 6.45) is 0. The number of rotatable bonds is 4. The van der Waals surface area contributed by atoms with Crippen LogP contribution in [0.3, 0.4) is 0 Å². The van der Waals surface area contributed by atoms with Gasteiger partial charge >= 0.3 is 5.97 Å². The van der Waals surface area contributed by atoms with Gasteiger partial charge in [-0.1, -0.05) is 37.3 Å². The Morgan fingerprint density at radius 3 is 2.74 bits per heavy atom. The van der Waals surface area contributed by atoms with Crippen LogP contribution < -0.4 is 0 Å². The molecule has 1 saturated heterocycles. The van der Waals surface area contributed by atoms with Crippen molar-refractivity contribution in [2.24, 2.45) is 11.3 Å². The highest BCUT2D eigenvalue weighted by molar-refractivity contribution is 5.77. The smallest absolute Gasteiger partial charge is 0.313 e. The van der Waals surface area contributed by atoms with Crippen LogP contribution in [0.4, 0.5) is 0 Å². The van der Waals surface area contributed by atoms with Crippen molar-refractivity contribution < 1.29 is 9.53 Å². The van der Waals surface area contributed by atoms with E-state index in [9.17, 15) is 4.79 Å². The van der Waals surface area contributed by atoms with Gasteiger partial charge in [-0.15, -0.1) is 0 Å². The van der Waals surface area contributed by atoms with Gasteiger partial charge < -0.3 is 4.74 Å². The first-order valence-electron chi connectivity index (χ1n) is 6.99. The lowest BCUT2D eigenvalue weighted by atomic mass is 9.81. The first-order chi connectivity index (χ1) is 9.06. The molecule has 1 aromatic rings. The number of hydrogen-bond donors (Lipinski definition) is 0. The van der Waals surface area contributed by atoms with E-state index in [0.717, 1.165) is 19.6 Å². The fourth-order valence-corrected chi connectivity index (χ4v) is 2.80. The molecule has 0 aliphatic carbocycles. The summed E-state index contributed by atoms with van der Waals surface area (Å²) in [6, 6.07) is 10.4. The second kappa shape index (κ2) is 5.74. The van der Waals surface area contributed by atoms with E-state index in [2.05, 4.69) is 36.1 Å². The maximum atomic E-state index is 12.1. The van der Waals surface area contributed by atoms with Gasteiger partial charge in [-0.25, -0.2) is 0 Å². The minimum Gasteiger partial charge on any atom is -0.466 e. The van der Waals surface area contributed by atoms with Crippen molar-refractivity contribution in [1.82, 2.24) is 4.90 Å². The van der Waals surface area contributed by atoms with Gasteiger partial charge in [0, 0.05) is 19.6 Å². The van der Waals surface area contributed by atoms with Gasteiger partial charge in [-0.2, -0.15) is 0 Å². The van der Waals surface area contributed by atoms with Gasteiger partial charge in [-0.05, 0) is 25.3 Å². The van der Waals surface area contributed by atoms with E-state index in [0.29, 0.717) is 12.5 Å². The fourth-order valence-electron chi connectivity index (χ4n) is 2.80. The number of ether oxygens (including phenoxy) is 1. The number of esters is 1. The van der Waals surface area contributed by atoms with Crippen molar-refractivity contribution in [2.45, 2.75) is 27.3 Å². The standard InChI is InChI=1S/C16H23NO2/c1-4-19-15(18)16(3)12-17(10-13(16)2)11-14-8-6-5-7-9-14/h5-9,13H,4,10-12H2,1-3H3/t13-,16-/m1/s1. The third kappa shape index (κ3) is 2.98. The molecule has 3 heteroatoms. The SMILES string of the molecule is CCOC(=O)[C@]1(C)CN(Cc2ccccc2)C[C@H]1C. The van der Waals surface area contributed by atoms with Crippen LogP contribution >= 0.6 is 0 Å². The topological polar surface area (TPSA) is 29.5 Å². The van der Waals surface area contributed by atoms with E-state index in [-0.39, 0.29) is 11.4 Å². The van der Waals surface area contributed by atoms with Crippen molar-refractivity contribution in [3.05, 3.63) is 35.9 Å². The van der Waals surface area contributed by atoms with E-state index < -0.39 is 0 Å². The van der Waals surface area contributed by atoms with E-state index in [4.69, 9.17) is 4.74 Å². The van der Waals surface area contributed by atoms with Gasteiger partial charge in [0.05, 0.1) is 12.0 Å². The summed E-state index contributed by atoms with van der Waals surface area (Å²) in [7, 11) is 0. The molecule has 0 spiro atoms. The molecule has 0 aromatic heterocycles. The first-order valence-corrected chi connectivity index (χ1v) is 6.99. The van der Waals surface area contributed by atoms with Crippen molar-refractivity contribution in [1.29, 1.82) is 0 Å². The minimum absolute atomic E-state index is 0.0574. The third-order valence-electron chi connectivity index (χ3n) is 4.16. The highest BCUT2D eigenvalue weighted by atomic mass is 16.5. The number of hydrogen-bond acceptors (Lipinski definition) is 3. The van der Waals surface area contributed by atoms with Gasteiger partial charge in [0.1, 0.15) is 0 Å². The van der Waals surface area contributed by atoms with Crippen LogP contribution in [-0.4, -0.2) is 30.6 Å². The number of likely N-dealkylation sites (tertiary alicyclic amines) is 1. The second-order valence-electron chi connectivity index (χ2n) is 5.69. The Labute approximate surface area is 115 Å². The van der Waals surface area contributed by atoms with Crippen molar-refractivity contribution >= 4 is 5.97 Å². The first kappa shape index (κ1) is 14.1. The Morgan fingerprint density at radius 1 is 1.42 bits per heavy atom. The molecule has 2 atom stereocenters. The predicted molar refractivity (Wildman–Crippen MR) is 75.6 cm³/mol. The summed E-state index contributed by atoms with van der Waals surface area (Å²) in [6.45, 7) is 9.12. The second-order valence-corrected chi connectivity index (χ2v) is 5.69. The summed E-state index contributed by atoms with van der Waals surface area (Å²) >= 11 is 0. The summed E-state index contributed by atoms with van der Waals surface area (Å²) < 4.78 is 5.23. The van der Waals surface area contributed by atoms with Crippen molar-refractivity contribution in [3.63, 3.8) is 0 Å². The molecule has 1 aliphatic rings. The molecule has 0 amide bonds. The van der Waals surface area contributed by atoms with Gasteiger partial charge in [0.25, 0.3) is 0 Å². The number of carbonyl (C=O) groups is 1. The maximum Gasteiger partial charge on any atom is 0.313 e. The highest BCUT2D eigenvalue weighted by Gasteiger charge is 2.47. The summed E-state index contributed by atoms with van der Waals surface area (Å²) in [5.74, 6) is 0.272. The lowest BCUT2D eigenvalue weighted by Crippen LogP contribution is -2.36. The Kier molecular flexibility index (Phi) is 4.25. The lowest BCUT2D eigenvalue weighted by Gasteiger charge is -2.25. The predicted octanol–water partition coefficient (Wildman–Crippen LogP) is 2.71. The number of benzene rings is 1. The Hall–Kier alpha value is -1.35. The number of carbonyl (C=O) groups excluding carboxylic acids is 1. The summed E-state index contributed by atoms with van der Waals surface area (Å²) in [5.41, 5.74) is 0.924. The zero-order valence-electron chi connectivity index (χ0n) is 12.1. The fraction of sp³-hybridized carbons (Fsp3) is 0.562. The molecular weight excluding hydrogens is 238 g/mol. The normalized spacial score (nSPS) is 27.4. The Morgan fingerprint density at radius 2 is 2.11 bits per heavy atom. The maximum absolute atomic E-state index is 12.1. The average Bonchev–Trinajstić information content (AvgIpc) is 2.67. The largest absolute Gasteiger partial charge is 0.466 e. The van der Waals surface area contributed by atoms with Crippen molar-refractivity contribution in [2.75, 3.05) is 19.7 Å². The molecule has 0 unspecified atom stereocenters. The monoisotopic (exact) mass is 261 g/mol. The summed E-state index contributed by atoms with van der Waals surface area (Å²) in [5, 5.41) is 0. The van der Waals surface area contributed by atoms with Crippen LogP contribution in [-0.2, 0) is 16.1 Å². The number of nitrogens with zero attached hydrogens (tertiary/aromatic N) is 1. The van der Waals surface area contributed by atoms with Crippen LogP contribution in [0.15, 0.2) is 30.3 Å². The molecule has 104 valence electrons. The molecular formula is C16H23NO2. The molecule has 1 heterocycles. The highest BCUT2D eigenvalue weighted by Crippen LogP contribution is 2.37. The Bertz CT molecular complexity index is 432. The molecule has 1 fully saturated rings. The summed E-state index contributed by atoms with van der Waals surface area (Å²) in [4.78, 5) is 14.5. The van der Waals surface area contributed by atoms with Crippen LogP contribution in [0.2, 0.25) is 0 Å². The average molecular weight is 261 g/mol. The van der Waals surface area contributed by atoms with Crippen LogP contribution in [0.5, 0.6) is 0 Å². The molecule has 2 rings (SSSR count). The molecule has 3 nitrogen and oxygen atoms in total. The third-order valence-corrected chi connectivity index (χ3v) is 4.16. The van der Waals surface area contributed by atoms with Crippen LogP contribution in [0.25, 0.3) is 0 Å². The zero-order chi connectivity index (χ0) is 13.9. The molecule has 0 bridgehead atoms. The molecule has 19 heavy (non-hydrogen) atoms. The van der Waals surface area contributed by atoms with Gasteiger partial charge in [0.15, 0.2) is 0 Å². The zero-order valence-corrected chi connectivity index (χ0v) is 12.1. The Balaban J connectivity index is 2.03. The van der Waals surface area contributed by atoms with Gasteiger partial charge in [-0.3, -0.25) is 9.69 Å². The molecule has 0 saturated carbocycles. The van der Waals surface area contributed by atoms with Gasteiger partial charge in [0.2, 0.25) is 0 Å². The van der Waals surface area contributed by atoms with Crippen molar-refractivity contribution in [3.8, 4) is 0 Å². The van der Waals surface area contributed by atoms with E-state index in [1.165, 1.54) is 5.56 Å². The molecule has 1 aromatic carbocycles. The van der Waals surface area contributed by atoms with E-state index in [1.54, 1.807) is 0 Å². The minimum atomic E-state index is -0.370. The van der Waals surface area contributed by atoms with Crippen LogP contribution in [0, 0.1) is 11.3 Å². The van der Waals surface area contributed by atoms with E-state index in [1.807, 2.05) is 19.9 Å². The molecule has 0 N–H and O–H groups in total. The quantitative estimate of drug-likeness (QED) is 0.780. The van der Waals surface area contributed by atoms with E-state index >= 15 is 0 Å². The lowest BCUT2D eigenvalue weighted by molar-refractivity contribution is -0.155. The molecule has 0 radical (unpaired) electrons. The molecule has 1 aliphatic heterocycles. The van der Waals surface area contributed by atoms with Crippen LogP contribution in [0.1, 0.15) is 26.3 Å².